The van der Waals surface area contributed by atoms with Crippen LogP contribution in [0, 0.1) is 0 Å². The average Bonchev–Trinajstić information content (AvgIpc) is 2.60. The van der Waals surface area contributed by atoms with Crippen LogP contribution in [0.25, 0.3) is 5.65 Å². The monoisotopic (exact) mass is 238 g/mol. The summed E-state index contributed by atoms with van der Waals surface area (Å²) >= 11 is 5.72. The lowest BCUT2D eigenvalue weighted by Gasteiger charge is -2.22. The van der Waals surface area contributed by atoms with Crippen molar-refractivity contribution in [1.29, 1.82) is 0 Å². The van der Waals surface area contributed by atoms with Crippen LogP contribution in [0.3, 0.4) is 0 Å². The summed E-state index contributed by atoms with van der Waals surface area (Å²) in [6.07, 6.45) is 1.54. The van der Waals surface area contributed by atoms with Gasteiger partial charge in [0.15, 0.2) is 5.65 Å². The number of aromatic nitrogens is 3. The number of halogens is 1. The number of aliphatic carboxylic acids is 1. The second kappa shape index (κ2) is 3.45. The van der Waals surface area contributed by atoms with Crippen molar-refractivity contribution in [2.75, 3.05) is 0 Å². The highest BCUT2D eigenvalue weighted by Crippen LogP contribution is 2.21. The normalized spacial score (nSPS) is 11.9. The van der Waals surface area contributed by atoms with Crippen molar-refractivity contribution in [2.45, 2.75) is 19.3 Å². The molecule has 0 unspecified atom stereocenters. The molecule has 0 saturated heterocycles. The molecule has 2 aromatic heterocycles. The van der Waals surface area contributed by atoms with E-state index in [-0.39, 0.29) is 0 Å². The molecule has 2 heterocycles. The van der Waals surface area contributed by atoms with E-state index in [9.17, 15) is 9.90 Å². The van der Waals surface area contributed by atoms with Gasteiger partial charge in [0.25, 0.3) is 0 Å². The number of hydrogen-bond acceptors (Lipinski definition) is 4. The van der Waals surface area contributed by atoms with Crippen molar-refractivity contribution in [3.8, 4) is 0 Å². The molecule has 2 rings (SSSR count). The quantitative estimate of drug-likeness (QED) is 0.760. The van der Waals surface area contributed by atoms with Crippen LogP contribution < -0.4 is 5.11 Å². The zero-order chi connectivity index (χ0) is 11.9. The third-order valence-corrected chi connectivity index (χ3v) is 2.64. The standard InChI is InChI=1S/C10H10ClN3O2/c1-10(2,9(15)16)6-5-14-8(12-6)4-3-7(11)13-14/h3-5H,1-2H3,(H,15,16)/p-1. The van der Waals surface area contributed by atoms with Gasteiger partial charge >= 0.3 is 0 Å². The van der Waals surface area contributed by atoms with Gasteiger partial charge in [-0.15, -0.1) is 0 Å². The van der Waals surface area contributed by atoms with Crippen molar-refractivity contribution in [1.82, 2.24) is 14.6 Å². The first-order valence-electron chi connectivity index (χ1n) is 4.65. The summed E-state index contributed by atoms with van der Waals surface area (Å²) in [5, 5.41) is 15.3. The Bertz CT molecular complexity index is 562. The molecule has 16 heavy (non-hydrogen) atoms. The third-order valence-electron chi connectivity index (χ3n) is 2.44. The summed E-state index contributed by atoms with van der Waals surface area (Å²) in [6, 6.07) is 3.27. The fourth-order valence-corrected chi connectivity index (χ4v) is 1.41. The maximum absolute atomic E-state index is 11.0. The number of carbonyl (C=O) groups excluding carboxylic acids is 1. The zero-order valence-electron chi connectivity index (χ0n) is 8.77. The molecular weight excluding hydrogens is 230 g/mol. The van der Waals surface area contributed by atoms with Gasteiger partial charge in [-0.3, -0.25) is 0 Å². The highest BCUT2D eigenvalue weighted by molar-refractivity contribution is 6.29. The van der Waals surface area contributed by atoms with Crippen LogP contribution in [-0.4, -0.2) is 20.6 Å². The van der Waals surface area contributed by atoms with Crippen molar-refractivity contribution < 1.29 is 9.90 Å². The maximum atomic E-state index is 11.0. The Kier molecular flexibility index (Phi) is 2.35. The van der Waals surface area contributed by atoms with E-state index >= 15 is 0 Å². The lowest BCUT2D eigenvalue weighted by molar-refractivity contribution is -0.312. The molecule has 6 heteroatoms. The molecule has 0 bridgehead atoms. The van der Waals surface area contributed by atoms with E-state index in [1.165, 1.54) is 24.6 Å². The number of carbonyl (C=O) groups is 1. The smallest absolute Gasteiger partial charge is 0.153 e. The van der Waals surface area contributed by atoms with Gasteiger partial charge in [-0.05, 0) is 26.0 Å². The van der Waals surface area contributed by atoms with E-state index in [1.54, 1.807) is 12.1 Å². The minimum atomic E-state index is -1.18. The summed E-state index contributed by atoms with van der Waals surface area (Å²) in [7, 11) is 0. The zero-order valence-corrected chi connectivity index (χ0v) is 9.52. The summed E-state index contributed by atoms with van der Waals surface area (Å²) in [5.74, 6) is -1.18. The fourth-order valence-electron chi connectivity index (χ4n) is 1.26. The molecular formula is C10H9ClN3O2-. The molecule has 0 spiro atoms. The topological polar surface area (TPSA) is 70.3 Å². The summed E-state index contributed by atoms with van der Waals surface area (Å²) in [6.45, 7) is 3.07. The number of carboxylic acids is 1. The van der Waals surface area contributed by atoms with Gasteiger partial charge in [-0.2, -0.15) is 5.10 Å². The van der Waals surface area contributed by atoms with E-state index < -0.39 is 11.4 Å². The lowest BCUT2D eigenvalue weighted by Crippen LogP contribution is -2.41. The Balaban J connectivity index is 2.59. The fraction of sp³-hybridized carbons (Fsp3) is 0.300. The molecule has 5 nitrogen and oxygen atoms in total. The SMILES string of the molecule is CC(C)(C(=O)[O-])c1cn2nc(Cl)ccc2n1. The van der Waals surface area contributed by atoms with Gasteiger partial charge < -0.3 is 9.90 Å². The van der Waals surface area contributed by atoms with Gasteiger partial charge in [0, 0.05) is 5.41 Å². The molecule has 0 aliphatic carbocycles. The predicted octanol–water partition coefficient (Wildman–Crippen LogP) is 0.410. The second-order valence-electron chi connectivity index (χ2n) is 4.00. The molecule has 2 aromatic rings. The van der Waals surface area contributed by atoms with Crippen LogP contribution in [0.5, 0.6) is 0 Å². The molecule has 0 aromatic carbocycles. The highest BCUT2D eigenvalue weighted by Gasteiger charge is 2.25. The minimum Gasteiger partial charge on any atom is -0.549 e. The van der Waals surface area contributed by atoms with Gasteiger partial charge in [-0.25, -0.2) is 9.50 Å². The van der Waals surface area contributed by atoms with Crippen molar-refractivity contribution in [2.24, 2.45) is 0 Å². The van der Waals surface area contributed by atoms with Crippen molar-refractivity contribution >= 4 is 23.2 Å². The van der Waals surface area contributed by atoms with Crippen LogP contribution >= 0.6 is 11.6 Å². The number of nitrogens with zero attached hydrogens (tertiary/aromatic N) is 3. The van der Waals surface area contributed by atoms with Crippen LogP contribution in [0.1, 0.15) is 19.5 Å². The Hall–Kier alpha value is -1.62. The van der Waals surface area contributed by atoms with E-state index in [2.05, 4.69) is 10.1 Å². The minimum absolute atomic E-state index is 0.322. The first-order chi connectivity index (χ1) is 7.41. The van der Waals surface area contributed by atoms with Gasteiger partial charge in [0.05, 0.1) is 17.9 Å². The van der Waals surface area contributed by atoms with Gasteiger partial charge in [-0.1, -0.05) is 11.6 Å². The highest BCUT2D eigenvalue weighted by atomic mass is 35.5. The van der Waals surface area contributed by atoms with Crippen LogP contribution in [0.2, 0.25) is 5.15 Å². The molecule has 0 aliphatic rings. The Labute approximate surface area is 96.7 Å². The van der Waals surface area contributed by atoms with Crippen LogP contribution in [0.4, 0.5) is 0 Å². The molecule has 84 valence electrons. The Morgan fingerprint density at radius 2 is 2.19 bits per heavy atom. The first-order valence-corrected chi connectivity index (χ1v) is 5.03. The molecule has 0 saturated carbocycles. The molecule has 0 aliphatic heterocycles. The Morgan fingerprint density at radius 1 is 1.50 bits per heavy atom. The van der Waals surface area contributed by atoms with Crippen LogP contribution in [-0.2, 0) is 10.2 Å². The second-order valence-corrected chi connectivity index (χ2v) is 4.38. The number of hydrogen-bond donors (Lipinski definition) is 0. The van der Waals surface area contributed by atoms with Gasteiger partial charge in [0.1, 0.15) is 5.15 Å². The summed E-state index contributed by atoms with van der Waals surface area (Å²) in [5.41, 5.74) is -0.212. The Morgan fingerprint density at radius 3 is 2.81 bits per heavy atom. The third kappa shape index (κ3) is 1.63. The molecule has 0 atom stereocenters. The number of carboxylic acid groups (broad SMARTS) is 1. The van der Waals surface area contributed by atoms with E-state index in [0.717, 1.165) is 0 Å². The molecule has 0 amide bonds. The number of rotatable bonds is 2. The van der Waals surface area contributed by atoms with E-state index in [0.29, 0.717) is 16.5 Å². The average molecular weight is 239 g/mol. The van der Waals surface area contributed by atoms with E-state index in [1.807, 2.05) is 0 Å². The first kappa shape index (κ1) is 10.9. The summed E-state index contributed by atoms with van der Waals surface area (Å²) in [4.78, 5) is 15.1. The number of imidazole rings is 1. The van der Waals surface area contributed by atoms with Crippen LogP contribution in [0.15, 0.2) is 18.3 Å². The van der Waals surface area contributed by atoms with Crippen molar-refractivity contribution in [3.63, 3.8) is 0 Å². The van der Waals surface area contributed by atoms with E-state index in [4.69, 9.17) is 11.6 Å². The van der Waals surface area contributed by atoms with Crippen molar-refractivity contribution in [3.05, 3.63) is 29.2 Å². The molecule has 0 N–H and O–H groups in total. The summed E-state index contributed by atoms with van der Waals surface area (Å²) < 4.78 is 1.45. The van der Waals surface area contributed by atoms with Gasteiger partial charge in [0.2, 0.25) is 0 Å². The maximum Gasteiger partial charge on any atom is 0.153 e. The number of fused-ring (bicyclic) bond motifs is 1. The largest absolute Gasteiger partial charge is 0.549 e. The lowest BCUT2D eigenvalue weighted by atomic mass is 9.90. The molecule has 0 radical (unpaired) electrons. The molecule has 0 fully saturated rings. The predicted molar refractivity (Wildman–Crippen MR) is 56.0 cm³/mol.